The Kier molecular flexibility index (Phi) is 4.75. The first-order chi connectivity index (χ1) is 12.7. The standard InChI is InChI=1S/C23H15Cl2N/c24-18-11-7-16(8-12-18)20-4-3-5-21(17-9-13-19(25)14-10-17)23(20)22-6-1-2-15-26-22/h1-15H. The van der Waals surface area contributed by atoms with Crippen molar-refractivity contribution in [3.05, 3.63) is 101 Å². The largest absolute Gasteiger partial charge is 0.256 e. The number of nitrogens with zero attached hydrogens (tertiary/aromatic N) is 1. The molecule has 3 aromatic carbocycles. The van der Waals surface area contributed by atoms with Gasteiger partial charge in [0.05, 0.1) is 5.69 Å². The van der Waals surface area contributed by atoms with Crippen molar-refractivity contribution in [1.82, 2.24) is 4.98 Å². The Hall–Kier alpha value is -2.61. The van der Waals surface area contributed by atoms with Crippen LogP contribution in [0.2, 0.25) is 10.0 Å². The summed E-state index contributed by atoms with van der Waals surface area (Å²) in [5.41, 5.74) is 6.47. The van der Waals surface area contributed by atoms with Crippen LogP contribution in [0.3, 0.4) is 0 Å². The van der Waals surface area contributed by atoms with Gasteiger partial charge in [-0.05, 0) is 58.7 Å². The Morgan fingerprint density at radius 2 is 1.08 bits per heavy atom. The summed E-state index contributed by atoms with van der Waals surface area (Å²) < 4.78 is 0. The second kappa shape index (κ2) is 7.33. The van der Waals surface area contributed by atoms with Crippen LogP contribution in [0, 0.1) is 0 Å². The van der Waals surface area contributed by atoms with Gasteiger partial charge in [-0.2, -0.15) is 0 Å². The fourth-order valence-electron chi connectivity index (χ4n) is 3.08. The third kappa shape index (κ3) is 3.37. The summed E-state index contributed by atoms with van der Waals surface area (Å²) in [4.78, 5) is 4.60. The summed E-state index contributed by atoms with van der Waals surface area (Å²) in [7, 11) is 0. The van der Waals surface area contributed by atoms with Gasteiger partial charge in [-0.15, -0.1) is 0 Å². The maximum absolute atomic E-state index is 6.07. The van der Waals surface area contributed by atoms with Crippen molar-refractivity contribution in [2.75, 3.05) is 0 Å². The zero-order valence-corrected chi connectivity index (χ0v) is 15.4. The van der Waals surface area contributed by atoms with Crippen molar-refractivity contribution >= 4 is 23.2 Å². The zero-order chi connectivity index (χ0) is 17.9. The lowest BCUT2D eigenvalue weighted by atomic mass is 9.90. The SMILES string of the molecule is Clc1ccc(-c2cccc(-c3ccc(Cl)cc3)c2-c2ccccn2)cc1. The van der Waals surface area contributed by atoms with Crippen LogP contribution in [0.4, 0.5) is 0 Å². The number of halogens is 2. The van der Waals surface area contributed by atoms with E-state index in [-0.39, 0.29) is 0 Å². The molecule has 0 aliphatic heterocycles. The fourth-order valence-corrected chi connectivity index (χ4v) is 3.33. The summed E-state index contributed by atoms with van der Waals surface area (Å²) >= 11 is 12.1. The quantitative estimate of drug-likeness (QED) is 0.363. The van der Waals surface area contributed by atoms with E-state index in [1.807, 2.05) is 72.9 Å². The van der Waals surface area contributed by atoms with Crippen molar-refractivity contribution in [2.24, 2.45) is 0 Å². The van der Waals surface area contributed by atoms with Gasteiger partial charge in [0.2, 0.25) is 0 Å². The molecule has 0 unspecified atom stereocenters. The third-order valence-corrected chi connectivity index (χ3v) is 4.80. The normalized spacial score (nSPS) is 10.7. The first-order valence-corrected chi connectivity index (χ1v) is 9.04. The Bertz CT molecular complexity index is 960. The van der Waals surface area contributed by atoms with Crippen LogP contribution in [-0.2, 0) is 0 Å². The lowest BCUT2D eigenvalue weighted by Crippen LogP contribution is -1.92. The number of hydrogen-bond donors (Lipinski definition) is 0. The number of rotatable bonds is 3. The average molecular weight is 376 g/mol. The van der Waals surface area contributed by atoms with Crippen molar-refractivity contribution in [1.29, 1.82) is 0 Å². The summed E-state index contributed by atoms with van der Waals surface area (Å²) in [6, 6.07) is 28.1. The van der Waals surface area contributed by atoms with Crippen LogP contribution >= 0.6 is 23.2 Å². The first kappa shape index (κ1) is 16.8. The van der Waals surface area contributed by atoms with Crippen molar-refractivity contribution in [3.8, 4) is 33.5 Å². The summed E-state index contributed by atoms with van der Waals surface area (Å²) in [5.74, 6) is 0. The Labute approximate surface area is 162 Å². The zero-order valence-electron chi connectivity index (χ0n) is 13.9. The maximum Gasteiger partial charge on any atom is 0.0714 e. The van der Waals surface area contributed by atoms with Gasteiger partial charge >= 0.3 is 0 Å². The molecule has 4 aromatic rings. The number of pyridine rings is 1. The third-order valence-electron chi connectivity index (χ3n) is 4.30. The average Bonchev–Trinajstić information content (AvgIpc) is 2.69. The number of benzene rings is 3. The van der Waals surface area contributed by atoms with Crippen LogP contribution in [0.1, 0.15) is 0 Å². The molecule has 0 N–H and O–H groups in total. The maximum atomic E-state index is 6.07. The van der Waals surface area contributed by atoms with Gasteiger partial charge < -0.3 is 0 Å². The smallest absolute Gasteiger partial charge is 0.0714 e. The second-order valence-corrected chi connectivity index (χ2v) is 6.83. The monoisotopic (exact) mass is 375 g/mol. The van der Waals surface area contributed by atoms with E-state index in [2.05, 4.69) is 23.2 Å². The molecule has 0 radical (unpaired) electrons. The molecule has 0 saturated carbocycles. The van der Waals surface area contributed by atoms with Crippen molar-refractivity contribution < 1.29 is 0 Å². The molecule has 4 rings (SSSR count). The van der Waals surface area contributed by atoms with Crippen molar-refractivity contribution in [3.63, 3.8) is 0 Å². The lowest BCUT2D eigenvalue weighted by Gasteiger charge is -2.15. The van der Waals surface area contributed by atoms with E-state index in [0.29, 0.717) is 0 Å². The predicted octanol–water partition coefficient (Wildman–Crippen LogP) is 7.39. The summed E-state index contributed by atoms with van der Waals surface area (Å²) in [6.45, 7) is 0. The minimum Gasteiger partial charge on any atom is -0.256 e. The fraction of sp³-hybridized carbons (Fsp3) is 0. The minimum absolute atomic E-state index is 0.724. The molecule has 0 fully saturated rings. The van der Waals surface area contributed by atoms with Crippen LogP contribution in [0.15, 0.2) is 91.1 Å². The molecule has 0 aliphatic carbocycles. The molecular weight excluding hydrogens is 361 g/mol. The van der Waals surface area contributed by atoms with Crippen molar-refractivity contribution in [2.45, 2.75) is 0 Å². The summed E-state index contributed by atoms with van der Waals surface area (Å²) in [6.07, 6.45) is 1.82. The van der Waals surface area contributed by atoms with Gasteiger partial charge in [0.15, 0.2) is 0 Å². The highest BCUT2D eigenvalue weighted by atomic mass is 35.5. The van der Waals surface area contributed by atoms with E-state index in [9.17, 15) is 0 Å². The highest BCUT2D eigenvalue weighted by molar-refractivity contribution is 6.31. The highest BCUT2D eigenvalue weighted by Crippen LogP contribution is 2.39. The van der Waals surface area contributed by atoms with Gasteiger partial charge in [0.1, 0.15) is 0 Å². The number of aromatic nitrogens is 1. The minimum atomic E-state index is 0.724. The Morgan fingerprint density at radius 3 is 1.54 bits per heavy atom. The van der Waals surface area contributed by atoms with E-state index in [0.717, 1.165) is 43.6 Å². The Balaban J connectivity index is 1.99. The van der Waals surface area contributed by atoms with E-state index >= 15 is 0 Å². The van der Waals surface area contributed by atoms with Gasteiger partial charge in [-0.3, -0.25) is 4.98 Å². The molecule has 0 saturated heterocycles. The molecule has 126 valence electrons. The molecular formula is C23H15Cl2N. The lowest BCUT2D eigenvalue weighted by molar-refractivity contribution is 1.33. The van der Waals surface area contributed by atoms with Gasteiger partial charge in [0, 0.05) is 21.8 Å². The van der Waals surface area contributed by atoms with Gasteiger partial charge in [-0.25, -0.2) is 0 Å². The van der Waals surface area contributed by atoms with Crippen LogP contribution in [-0.4, -0.2) is 4.98 Å². The second-order valence-electron chi connectivity index (χ2n) is 5.96. The predicted molar refractivity (Wildman–Crippen MR) is 111 cm³/mol. The summed E-state index contributed by atoms with van der Waals surface area (Å²) in [5, 5.41) is 1.45. The molecule has 3 heteroatoms. The van der Waals surface area contributed by atoms with E-state index in [1.165, 1.54) is 0 Å². The van der Waals surface area contributed by atoms with Gasteiger partial charge in [0.25, 0.3) is 0 Å². The topological polar surface area (TPSA) is 12.9 Å². The number of hydrogen-bond acceptors (Lipinski definition) is 1. The first-order valence-electron chi connectivity index (χ1n) is 8.29. The van der Waals surface area contributed by atoms with Crippen LogP contribution in [0.25, 0.3) is 33.5 Å². The molecule has 0 aliphatic rings. The molecule has 1 heterocycles. The van der Waals surface area contributed by atoms with Crippen LogP contribution in [0.5, 0.6) is 0 Å². The molecule has 1 nitrogen and oxygen atoms in total. The van der Waals surface area contributed by atoms with E-state index in [1.54, 1.807) is 0 Å². The highest BCUT2D eigenvalue weighted by Gasteiger charge is 2.14. The molecule has 26 heavy (non-hydrogen) atoms. The molecule has 0 amide bonds. The molecule has 0 bridgehead atoms. The van der Waals surface area contributed by atoms with E-state index < -0.39 is 0 Å². The van der Waals surface area contributed by atoms with Gasteiger partial charge in [-0.1, -0.05) is 71.7 Å². The molecule has 1 aromatic heterocycles. The Morgan fingerprint density at radius 1 is 0.538 bits per heavy atom. The van der Waals surface area contributed by atoms with Crippen LogP contribution < -0.4 is 0 Å². The molecule has 0 spiro atoms. The van der Waals surface area contributed by atoms with E-state index in [4.69, 9.17) is 23.2 Å². The molecule has 0 atom stereocenters.